The van der Waals surface area contributed by atoms with Gasteiger partial charge in [0.2, 0.25) is 0 Å². The second-order valence-corrected chi connectivity index (χ2v) is 7.90. The highest BCUT2D eigenvalue weighted by Gasteiger charge is 2.21. The van der Waals surface area contributed by atoms with Crippen LogP contribution in [0.5, 0.6) is 0 Å². The average molecular weight is 434 g/mol. The molecule has 0 N–H and O–H groups in total. The standard InChI is InChI=1S/C18H21F2N3.C6H14.C2H6/c1-22(2)17-7-6-13(11-21-17)14-9-12-5-4-8-23(3)16(12)10-15(14)18(19)20;1-3-5-6-4-2;1-2/h6-7,9-11,18H,4-5,8H2,1-3H3;3-6H2,1-2H3;1-2H3. The summed E-state index contributed by atoms with van der Waals surface area (Å²) < 4.78 is 27.1. The molecule has 0 atom stereocenters. The molecule has 3 rings (SSSR count). The van der Waals surface area contributed by atoms with Gasteiger partial charge in [0, 0.05) is 50.7 Å². The molecule has 0 radical (unpaired) electrons. The number of nitrogens with zero attached hydrogens (tertiary/aromatic N) is 3. The Kier molecular flexibility index (Phi) is 12.1. The van der Waals surface area contributed by atoms with Gasteiger partial charge in [0.05, 0.1) is 0 Å². The summed E-state index contributed by atoms with van der Waals surface area (Å²) in [5.41, 5.74) is 3.47. The molecular formula is C26H41F2N3. The van der Waals surface area contributed by atoms with Gasteiger partial charge in [-0.15, -0.1) is 0 Å². The van der Waals surface area contributed by atoms with E-state index < -0.39 is 6.43 Å². The van der Waals surface area contributed by atoms with Gasteiger partial charge in [0.1, 0.15) is 5.82 Å². The Hall–Kier alpha value is -2.17. The van der Waals surface area contributed by atoms with Crippen LogP contribution in [-0.2, 0) is 6.42 Å². The van der Waals surface area contributed by atoms with Crippen molar-refractivity contribution in [3.05, 3.63) is 41.6 Å². The molecule has 0 aliphatic carbocycles. The molecule has 2 aromatic rings. The fourth-order valence-electron chi connectivity index (χ4n) is 3.57. The van der Waals surface area contributed by atoms with Crippen LogP contribution < -0.4 is 9.80 Å². The molecule has 0 unspecified atom stereocenters. The van der Waals surface area contributed by atoms with E-state index in [1.807, 2.05) is 58.1 Å². The second-order valence-electron chi connectivity index (χ2n) is 7.90. The van der Waals surface area contributed by atoms with Crippen LogP contribution in [0.25, 0.3) is 11.1 Å². The van der Waals surface area contributed by atoms with E-state index in [0.717, 1.165) is 42.0 Å². The maximum atomic E-state index is 13.6. The van der Waals surface area contributed by atoms with Gasteiger partial charge < -0.3 is 9.80 Å². The topological polar surface area (TPSA) is 19.4 Å². The summed E-state index contributed by atoms with van der Waals surface area (Å²) in [6.07, 6.45) is 6.69. The fraction of sp³-hybridized carbons (Fsp3) is 0.577. The predicted molar refractivity (Wildman–Crippen MR) is 132 cm³/mol. The highest BCUT2D eigenvalue weighted by atomic mass is 19.3. The average Bonchev–Trinajstić information content (AvgIpc) is 2.79. The number of halogens is 2. The lowest BCUT2D eigenvalue weighted by molar-refractivity contribution is 0.152. The van der Waals surface area contributed by atoms with Crippen molar-refractivity contribution in [2.75, 3.05) is 37.5 Å². The van der Waals surface area contributed by atoms with E-state index >= 15 is 0 Å². The third-order valence-corrected chi connectivity index (χ3v) is 5.31. The van der Waals surface area contributed by atoms with Crippen molar-refractivity contribution in [3.63, 3.8) is 0 Å². The van der Waals surface area contributed by atoms with E-state index in [9.17, 15) is 8.78 Å². The fourth-order valence-corrected chi connectivity index (χ4v) is 3.57. The number of unbranched alkanes of at least 4 members (excludes halogenated alkanes) is 3. The smallest absolute Gasteiger partial charge is 0.264 e. The van der Waals surface area contributed by atoms with Crippen LogP contribution in [0.4, 0.5) is 20.3 Å². The van der Waals surface area contributed by atoms with Crippen LogP contribution in [0.2, 0.25) is 0 Å². The molecule has 3 nitrogen and oxygen atoms in total. The molecule has 174 valence electrons. The Bertz CT molecular complexity index is 754. The molecular weight excluding hydrogens is 392 g/mol. The van der Waals surface area contributed by atoms with Gasteiger partial charge in [0.15, 0.2) is 0 Å². The van der Waals surface area contributed by atoms with E-state index in [-0.39, 0.29) is 5.56 Å². The van der Waals surface area contributed by atoms with Gasteiger partial charge in [-0.3, -0.25) is 0 Å². The van der Waals surface area contributed by atoms with Crippen molar-refractivity contribution in [1.29, 1.82) is 0 Å². The molecule has 31 heavy (non-hydrogen) atoms. The minimum absolute atomic E-state index is 0.0805. The van der Waals surface area contributed by atoms with E-state index in [1.54, 1.807) is 12.3 Å². The molecule has 1 aromatic heterocycles. The molecule has 0 saturated heterocycles. The first kappa shape index (κ1) is 26.9. The number of benzene rings is 1. The van der Waals surface area contributed by atoms with Crippen molar-refractivity contribution in [3.8, 4) is 11.1 Å². The van der Waals surface area contributed by atoms with E-state index in [4.69, 9.17) is 0 Å². The Balaban J connectivity index is 0.000000521. The molecule has 0 spiro atoms. The highest BCUT2D eigenvalue weighted by Crippen LogP contribution is 2.38. The quantitative estimate of drug-likeness (QED) is 0.434. The van der Waals surface area contributed by atoms with Crippen molar-refractivity contribution in [2.45, 2.75) is 72.6 Å². The first-order valence-corrected chi connectivity index (χ1v) is 11.7. The number of pyridine rings is 1. The van der Waals surface area contributed by atoms with Crippen LogP contribution in [0, 0.1) is 0 Å². The molecule has 5 heteroatoms. The Labute approximate surface area is 188 Å². The number of aryl methyl sites for hydroxylation is 1. The third-order valence-electron chi connectivity index (χ3n) is 5.31. The largest absolute Gasteiger partial charge is 0.374 e. The maximum Gasteiger partial charge on any atom is 0.264 e. The number of alkyl halides is 2. The van der Waals surface area contributed by atoms with Crippen molar-refractivity contribution >= 4 is 11.5 Å². The highest BCUT2D eigenvalue weighted by molar-refractivity contribution is 5.74. The van der Waals surface area contributed by atoms with Crippen LogP contribution in [0.1, 0.15) is 77.4 Å². The van der Waals surface area contributed by atoms with Gasteiger partial charge in [0.25, 0.3) is 6.43 Å². The molecule has 0 saturated carbocycles. The number of hydrogen-bond donors (Lipinski definition) is 0. The van der Waals surface area contributed by atoms with Crippen LogP contribution in [0.3, 0.4) is 0 Å². The normalized spacial score (nSPS) is 12.4. The number of anilines is 2. The van der Waals surface area contributed by atoms with Crippen molar-refractivity contribution < 1.29 is 8.78 Å². The van der Waals surface area contributed by atoms with Gasteiger partial charge >= 0.3 is 0 Å². The lowest BCUT2D eigenvalue weighted by atomic mass is 9.93. The number of fused-ring (bicyclic) bond motifs is 1. The molecule has 2 heterocycles. The van der Waals surface area contributed by atoms with Crippen LogP contribution in [-0.4, -0.2) is 32.7 Å². The third kappa shape index (κ3) is 7.79. The van der Waals surface area contributed by atoms with Gasteiger partial charge in [-0.05, 0) is 48.2 Å². The van der Waals surface area contributed by atoms with Crippen LogP contribution in [0.15, 0.2) is 30.5 Å². The summed E-state index contributed by atoms with van der Waals surface area (Å²) in [4.78, 5) is 8.30. The summed E-state index contributed by atoms with van der Waals surface area (Å²) in [5, 5.41) is 0. The predicted octanol–water partition coefficient (Wildman–Crippen LogP) is 7.75. The lowest BCUT2D eigenvalue weighted by Gasteiger charge is -2.29. The Morgan fingerprint density at radius 3 is 2.19 bits per heavy atom. The van der Waals surface area contributed by atoms with Gasteiger partial charge in [-0.1, -0.05) is 53.4 Å². The first-order chi connectivity index (χ1) is 14.9. The van der Waals surface area contributed by atoms with E-state index in [1.165, 1.54) is 25.7 Å². The Morgan fingerprint density at radius 1 is 1.06 bits per heavy atom. The minimum atomic E-state index is -2.50. The molecule has 1 aliphatic rings. The molecule has 0 bridgehead atoms. The summed E-state index contributed by atoms with van der Waals surface area (Å²) in [5.74, 6) is 0.810. The maximum absolute atomic E-state index is 13.6. The van der Waals surface area contributed by atoms with Gasteiger partial charge in [-0.25, -0.2) is 13.8 Å². The molecule has 1 aliphatic heterocycles. The number of hydrogen-bond acceptors (Lipinski definition) is 3. The molecule has 1 aromatic carbocycles. The van der Waals surface area contributed by atoms with E-state index in [2.05, 4.69) is 23.7 Å². The zero-order valence-electron chi connectivity index (χ0n) is 20.5. The van der Waals surface area contributed by atoms with E-state index in [0.29, 0.717) is 5.56 Å². The van der Waals surface area contributed by atoms with Crippen LogP contribution >= 0.6 is 0 Å². The SMILES string of the molecule is CC.CCCCCC.CN(C)c1ccc(-c2cc3c(cc2C(F)F)N(C)CCC3)cn1. The summed E-state index contributed by atoms with van der Waals surface area (Å²) in [6, 6.07) is 7.28. The van der Waals surface area contributed by atoms with Gasteiger partial charge in [-0.2, -0.15) is 0 Å². The Morgan fingerprint density at radius 2 is 1.71 bits per heavy atom. The molecule has 0 fully saturated rings. The summed E-state index contributed by atoms with van der Waals surface area (Å²) >= 11 is 0. The number of aromatic nitrogens is 1. The zero-order chi connectivity index (χ0) is 23.4. The minimum Gasteiger partial charge on any atom is -0.374 e. The monoisotopic (exact) mass is 433 g/mol. The molecule has 0 amide bonds. The second kappa shape index (κ2) is 14.0. The first-order valence-electron chi connectivity index (χ1n) is 11.7. The van der Waals surface area contributed by atoms with Crippen molar-refractivity contribution in [1.82, 2.24) is 4.98 Å². The van der Waals surface area contributed by atoms with Crippen molar-refractivity contribution in [2.24, 2.45) is 0 Å². The lowest BCUT2D eigenvalue weighted by Crippen LogP contribution is -2.25. The zero-order valence-corrected chi connectivity index (χ0v) is 20.5. The number of rotatable bonds is 6. The summed E-state index contributed by atoms with van der Waals surface area (Å²) in [6.45, 7) is 9.37. The summed E-state index contributed by atoms with van der Waals surface area (Å²) in [7, 11) is 5.77.